The molecule has 0 saturated heterocycles. The van der Waals surface area contributed by atoms with Gasteiger partial charge in [0.05, 0.1) is 16.7 Å². The van der Waals surface area contributed by atoms with Crippen LogP contribution in [0, 0.1) is 5.82 Å². The zero-order chi connectivity index (χ0) is 20.8. The lowest BCUT2D eigenvalue weighted by atomic mass is 10.0. The fourth-order valence-corrected chi connectivity index (χ4v) is 3.73. The number of fused-ring (bicyclic) bond motifs is 2. The molecule has 0 aliphatic heterocycles. The predicted octanol–water partition coefficient (Wildman–Crippen LogP) is 4.76. The molecule has 0 amide bonds. The molecule has 6 rings (SSSR count). The van der Waals surface area contributed by atoms with Crippen molar-refractivity contribution < 1.29 is 4.39 Å². The van der Waals surface area contributed by atoms with Gasteiger partial charge in [0.15, 0.2) is 5.82 Å². The molecular weight excluding hydrogens is 393 g/mol. The normalized spacial score (nSPS) is 11.4. The fraction of sp³-hybridized carbons (Fsp3) is 0. The third-order valence-corrected chi connectivity index (χ3v) is 5.20. The van der Waals surface area contributed by atoms with Gasteiger partial charge in [-0.3, -0.25) is 20.1 Å². The topological polar surface area (TPSA) is 96.0 Å². The monoisotopic (exact) mass is 407 g/mol. The van der Waals surface area contributed by atoms with Crippen molar-refractivity contribution >= 4 is 21.9 Å². The van der Waals surface area contributed by atoms with Crippen LogP contribution < -0.4 is 0 Å². The fourth-order valence-electron chi connectivity index (χ4n) is 3.73. The summed E-state index contributed by atoms with van der Waals surface area (Å²) >= 11 is 0. The summed E-state index contributed by atoms with van der Waals surface area (Å²) in [5.41, 5.74) is 5.60. The molecule has 5 aromatic heterocycles. The largest absolute Gasteiger partial charge is 0.336 e. The van der Waals surface area contributed by atoms with Gasteiger partial charge in [-0.25, -0.2) is 9.37 Å². The second-order valence-corrected chi connectivity index (χ2v) is 7.07. The SMILES string of the molecule is Fc1cc2[nH]nc(-c3nc4c(-c5ccncc5)nccc4[nH]3)c2cc1-c1cccnc1. The predicted molar refractivity (Wildman–Crippen MR) is 115 cm³/mol. The van der Waals surface area contributed by atoms with E-state index in [1.54, 1.807) is 43.1 Å². The Morgan fingerprint density at radius 1 is 0.806 bits per heavy atom. The lowest BCUT2D eigenvalue weighted by Gasteiger charge is -2.03. The van der Waals surface area contributed by atoms with Gasteiger partial charge in [-0.1, -0.05) is 6.07 Å². The van der Waals surface area contributed by atoms with E-state index in [0.717, 1.165) is 27.7 Å². The highest BCUT2D eigenvalue weighted by Crippen LogP contribution is 2.33. The summed E-state index contributed by atoms with van der Waals surface area (Å²) in [6.07, 6.45) is 8.47. The molecule has 0 spiro atoms. The molecule has 1 aromatic carbocycles. The van der Waals surface area contributed by atoms with Crippen LogP contribution in [0.3, 0.4) is 0 Å². The summed E-state index contributed by atoms with van der Waals surface area (Å²) in [7, 11) is 0. The molecule has 8 heteroatoms. The Labute approximate surface area is 175 Å². The van der Waals surface area contributed by atoms with Gasteiger partial charge in [0.25, 0.3) is 0 Å². The molecule has 7 nitrogen and oxygen atoms in total. The quantitative estimate of drug-likeness (QED) is 0.441. The van der Waals surface area contributed by atoms with E-state index in [0.29, 0.717) is 28.2 Å². The molecule has 2 N–H and O–H groups in total. The summed E-state index contributed by atoms with van der Waals surface area (Å²) in [6, 6.07) is 12.5. The number of rotatable bonds is 3. The van der Waals surface area contributed by atoms with Crippen LogP contribution >= 0.6 is 0 Å². The highest BCUT2D eigenvalue weighted by Gasteiger charge is 2.18. The molecule has 148 valence electrons. The second-order valence-electron chi connectivity index (χ2n) is 7.07. The van der Waals surface area contributed by atoms with Gasteiger partial charge in [-0.2, -0.15) is 5.10 Å². The van der Waals surface area contributed by atoms with Gasteiger partial charge < -0.3 is 4.98 Å². The van der Waals surface area contributed by atoms with E-state index in [2.05, 4.69) is 30.1 Å². The van der Waals surface area contributed by atoms with Crippen LogP contribution in [0.4, 0.5) is 4.39 Å². The first-order valence-corrected chi connectivity index (χ1v) is 9.61. The summed E-state index contributed by atoms with van der Waals surface area (Å²) in [5, 5.41) is 8.08. The number of hydrogen-bond donors (Lipinski definition) is 2. The molecule has 0 unspecified atom stereocenters. The summed E-state index contributed by atoms with van der Waals surface area (Å²) in [5.74, 6) is 0.234. The van der Waals surface area contributed by atoms with Crippen molar-refractivity contribution in [1.82, 2.24) is 35.1 Å². The van der Waals surface area contributed by atoms with Crippen molar-refractivity contribution in [3.63, 3.8) is 0 Å². The van der Waals surface area contributed by atoms with Crippen LogP contribution in [0.15, 0.2) is 73.4 Å². The molecule has 0 radical (unpaired) electrons. The number of pyridine rings is 3. The van der Waals surface area contributed by atoms with Crippen LogP contribution in [0.25, 0.3) is 55.8 Å². The van der Waals surface area contributed by atoms with Crippen molar-refractivity contribution in [2.75, 3.05) is 0 Å². The van der Waals surface area contributed by atoms with Crippen molar-refractivity contribution in [3.8, 4) is 33.9 Å². The number of hydrogen-bond acceptors (Lipinski definition) is 5. The number of halogens is 1. The maximum absolute atomic E-state index is 14.7. The molecule has 0 fully saturated rings. The lowest BCUT2D eigenvalue weighted by Crippen LogP contribution is -1.87. The average molecular weight is 407 g/mol. The maximum atomic E-state index is 14.7. The van der Waals surface area contributed by atoms with Crippen molar-refractivity contribution in [3.05, 3.63) is 79.3 Å². The van der Waals surface area contributed by atoms with Crippen molar-refractivity contribution in [1.29, 1.82) is 0 Å². The Bertz CT molecular complexity index is 1540. The Morgan fingerprint density at radius 3 is 2.55 bits per heavy atom. The number of nitrogens with zero attached hydrogens (tertiary/aromatic N) is 5. The third kappa shape index (κ3) is 2.84. The Balaban J connectivity index is 1.54. The van der Waals surface area contributed by atoms with Gasteiger partial charge in [0.1, 0.15) is 17.0 Å². The molecule has 0 saturated carbocycles. The van der Waals surface area contributed by atoms with E-state index in [1.165, 1.54) is 6.07 Å². The zero-order valence-corrected chi connectivity index (χ0v) is 16.0. The number of H-pyrrole nitrogens is 2. The summed E-state index contributed by atoms with van der Waals surface area (Å²) in [4.78, 5) is 20.8. The first-order valence-electron chi connectivity index (χ1n) is 9.61. The second kappa shape index (κ2) is 6.81. The van der Waals surface area contributed by atoms with Gasteiger partial charge in [0, 0.05) is 59.1 Å². The number of nitrogens with one attached hydrogen (secondary N) is 2. The lowest BCUT2D eigenvalue weighted by molar-refractivity contribution is 0.632. The van der Waals surface area contributed by atoms with Gasteiger partial charge >= 0.3 is 0 Å². The maximum Gasteiger partial charge on any atom is 0.159 e. The first-order chi connectivity index (χ1) is 15.3. The summed E-state index contributed by atoms with van der Waals surface area (Å²) < 4.78 is 14.7. The highest BCUT2D eigenvalue weighted by atomic mass is 19.1. The minimum absolute atomic E-state index is 0.343. The van der Waals surface area contributed by atoms with Crippen molar-refractivity contribution in [2.24, 2.45) is 0 Å². The van der Waals surface area contributed by atoms with E-state index in [1.807, 2.05) is 24.3 Å². The number of imidazole rings is 1. The first kappa shape index (κ1) is 17.4. The average Bonchev–Trinajstić information content (AvgIpc) is 3.43. The number of benzene rings is 1. The molecule has 0 aliphatic carbocycles. The zero-order valence-electron chi connectivity index (χ0n) is 16.0. The van der Waals surface area contributed by atoms with Crippen molar-refractivity contribution in [2.45, 2.75) is 0 Å². The Hall–Kier alpha value is -4.46. The van der Waals surface area contributed by atoms with E-state index in [-0.39, 0.29) is 5.82 Å². The van der Waals surface area contributed by atoms with Gasteiger partial charge in [0.2, 0.25) is 0 Å². The van der Waals surface area contributed by atoms with Gasteiger partial charge in [-0.05, 0) is 30.3 Å². The van der Waals surface area contributed by atoms with E-state index in [9.17, 15) is 4.39 Å². The van der Waals surface area contributed by atoms with Crippen LogP contribution in [0.1, 0.15) is 0 Å². The Morgan fingerprint density at radius 2 is 1.71 bits per heavy atom. The molecule has 0 bridgehead atoms. The van der Waals surface area contributed by atoms with E-state index in [4.69, 9.17) is 4.98 Å². The van der Waals surface area contributed by atoms with Gasteiger partial charge in [-0.15, -0.1) is 0 Å². The van der Waals surface area contributed by atoms with Crippen LogP contribution in [-0.4, -0.2) is 35.1 Å². The molecular formula is C23H14FN7. The minimum Gasteiger partial charge on any atom is -0.336 e. The Kier molecular flexibility index (Phi) is 3.82. The smallest absolute Gasteiger partial charge is 0.159 e. The molecule has 0 aliphatic rings. The van der Waals surface area contributed by atoms with Crippen LogP contribution in [0.2, 0.25) is 0 Å². The minimum atomic E-state index is -0.343. The highest BCUT2D eigenvalue weighted by molar-refractivity contribution is 5.97. The number of aromatic amines is 2. The third-order valence-electron chi connectivity index (χ3n) is 5.20. The summed E-state index contributed by atoms with van der Waals surface area (Å²) in [6.45, 7) is 0. The van der Waals surface area contributed by atoms with Crippen LogP contribution in [-0.2, 0) is 0 Å². The molecule has 0 atom stereocenters. The van der Waals surface area contributed by atoms with E-state index < -0.39 is 0 Å². The molecule has 5 heterocycles. The molecule has 6 aromatic rings. The van der Waals surface area contributed by atoms with Crippen LogP contribution in [0.5, 0.6) is 0 Å². The van der Waals surface area contributed by atoms with E-state index >= 15 is 0 Å². The number of aromatic nitrogens is 7. The standard InChI is InChI=1S/C23H14FN7/c24-17-11-19-16(10-15(17)14-2-1-6-26-12-14)21(31-30-19)23-28-18-5-9-27-20(22(18)29-23)13-3-7-25-8-4-13/h1-12H,(H,28,29)(H,30,31). The molecule has 31 heavy (non-hydrogen) atoms.